The zero-order valence-electron chi connectivity index (χ0n) is 16.1. The second-order valence-corrected chi connectivity index (χ2v) is 7.22. The quantitative estimate of drug-likeness (QED) is 0.466. The fourth-order valence-electron chi connectivity index (χ4n) is 3.10. The van der Waals surface area contributed by atoms with Crippen LogP contribution in [0.5, 0.6) is 0 Å². The topological polar surface area (TPSA) is 68.8 Å². The molecule has 1 rings (SSSR count). The van der Waals surface area contributed by atoms with Crippen LogP contribution in [0.1, 0.15) is 39.5 Å². The van der Waals surface area contributed by atoms with E-state index >= 15 is 0 Å². The molecule has 0 aliphatic heterocycles. The summed E-state index contributed by atoms with van der Waals surface area (Å²) >= 11 is 0. The standard InChI is InChI=1S/C17H32F3N5O/c1-12(2)23-15(26)13-6-5-7-14(10-13)24-16(21-3)22-8-9-25(4)11-17(18,19)20/h12-14H,5-11H2,1-4H3,(H,23,26)(H2,21,22,24). The maximum absolute atomic E-state index is 12.3. The Morgan fingerprint density at radius 1 is 1.31 bits per heavy atom. The highest BCUT2D eigenvalue weighted by Gasteiger charge is 2.29. The summed E-state index contributed by atoms with van der Waals surface area (Å²) in [5, 5.41) is 9.28. The molecule has 1 fully saturated rings. The normalized spacial score (nSPS) is 21.8. The predicted octanol–water partition coefficient (Wildman–Crippen LogP) is 1.73. The van der Waals surface area contributed by atoms with Gasteiger partial charge in [-0.3, -0.25) is 14.7 Å². The van der Waals surface area contributed by atoms with Gasteiger partial charge in [-0.15, -0.1) is 0 Å². The second-order valence-electron chi connectivity index (χ2n) is 7.22. The number of aliphatic imine (C=N–C) groups is 1. The summed E-state index contributed by atoms with van der Waals surface area (Å²) < 4.78 is 37.0. The van der Waals surface area contributed by atoms with Crippen molar-refractivity contribution in [2.75, 3.05) is 33.7 Å². The van der Waals surface area contributed by atoms with Crippen LogP contribution in [0.3, 0.4) is 0 Å². The molecule has 0 heterocycles. The Bertz CT molecular complexity index is 468. The first-order chi connectivity index (χ1) is 12.1. The first-order valence-electron chi connectivity index (χ1n) is 9.13. The summed E-state index contributed by atoms with van der Waals surface area (Å²) in [6.45, 7) is 3.56. The van der Waals surface area contributed by atoms with E-state index in [9.17, 15) is 18.0 Å². The van der Waals surface area contributed by atoms with E-state index in [4.69, 9.17) is 0 Å². The van der Waals surface area contributed by atoms with E-state index in [-0.39, 0.29) is 30.5 Å². The van der Waals surface area contributed by atoms with Gasteiger partial charge in [-0.1, -0.05) is 6.42 Å². The van der Waals surface area contributed by atoms with Gasteiger partial charge in [-0.2, -0.15) is 13.2 Å². The molecule has 2 unspecified atom stereocenters. The second kappa shape index (κ2) is 10.6. The summed E-state index contributed by atoms with van der Waals surface area (Å²) in [6, 6.07) is 0.254. The van der Waals surface area contributed by atoms with Crippen LogP contribution in [-0.2, 0) is 4.79 Å². The lowest BCUT2D eigenvalue weighted by atomic mass is 9.85. The molecule has 0 aromatic rings. The molecule has 0 saturated heterocycles. The Morgan fingerprint density at radius 2 is 2.00 bits per heavy atom. The number of rotatable bonds is 7. The highest BCUT2D eigenvalue weighted by Crippen LogP contribution is 2.24. The van der Waals surface area contributed by atoms with E-state index in [0.29, 0.717) is 12.5 Å². The smallest absolute Gasteiger partial charge is 0.355 e. The Labute approximate surface area is 154 Å². The van der Waals surface area contributed by atoms with Crippen LogP contribution in [-0.4, -0.2) is 68.8 Å². The average Bonchev–Trinajstić information content (AvgIpc) is 2.51. The van der Waals surface area contributed by atoms with Gasteiger partial charge in [0.1, 0.15) is 0 Å². The molecular formula is C17H32F3N5O. The van der Waals surface area contributed by atoms with Crippen molar-refractivity contribution in [3.05, 3.63) is 0 Å². The summed E-state index contributed by atoms with van der Waals surface area (Å²) in [4.78, 5) is 17.5. The molecule has 0 aromatic heterocycles. The third-order valence-electron chi connectivity index (χ3n) is 4.28. The lowest BCUT2D eigenvalue weighted by Crippen LogP contribution is -2.48. The third-order valence-corrected chi connectivity index (χ3v) is 4.28. The van der Waals surface area contributed by atoms with E-state index in [2.05, 4.69) is 20.9 Å². The van der Waals surface area contributed by atoms with Crippen LogP contribution < -0.4 is 16.0 Å². The molecule has 3 N–H and O–H groups in total. The van der Waals surface area contributed by atoms with Crippen LogP contribution in [0.15, 0.2) is 4.99 Å². The molecule has 6 nitrogen and oxygen atoms in total. The van der Waals surface area contributed by atoms with Gasteiger partial charge >= 0.3 is 6.18 Å². The van der Waals surface area contributed by atoms with Crippen molar-refractivity contribution in [1.82, 2.24) is 20.9 Å². The number of amides is 1. The largest absolute Gasteiger partial charge is 0.401 e. The first-order valence-corrected chi connectivity index (χ1v) is 9.13. The zero-order valence-corrected chi connectivity index (χ0v) is 16.1. The molecule has 1 aliphatic carbocycles. The average molecular weight is 379 g/mol. The molecular weight excluding hydrogens is 347 g/mol. The Balaban J connectivity index is 2.39. The van der Waals surface area contributed by atoms with Crippen LogP contribution in [0.4, 0.5) is 13.2 Å². The van der Waals surface area contributed by atoms with Crippen molar-refractivity contribution < 1.29 is 18.0 Å². The van der Waals surface area contributed by atoms with Crippen LogP contribution >= 0.6 is 0 Å². The fraction of sp³-hybridized carbons (Fsp3) is 0.882. The molecule has 0 bridgehead atoms. The minimum atomic E-state index is -4.19. The van der Waals surface area contributed by atoms with Crippen molar-refractivity contribution in [3.63, 3.8) is 0 Å². The van der Waals surface area contributed by atoms with E-state index < -0.39 is 12.7 Å². The van der Waals surface area contributed by atoms with Crippen molar-refractivity contribution in [2.45, 2.75) is 57.8 Å². The number of carbonyl (C=O) groups is 1. The number of hydrogen-bond donors (Lipinski definition) is 3. The van der Waals surface area contributed by atoms with Gasteiger partial charge in [0.25, 0.3) is 0 Å². The SMILES string of the molecule is CN=C(NCCN(C)CC(F)(F)F)NC1CCCC(C(=O)NC(C)C)C1. The van der Waals surface area contributed by atoms with Gasteiger partial charge in [0.2, 0.25) is 5.91 Å². The number of halogens is 3. The summed E-state index contributed by atoms with van der Waals surface area (Å²) in [5.74, 6) is 0.628. The summed E-state index contributed by atoms with van der Waals surface area (Å²) in [6.07, 6.45) is -0.681. The Kier molecular flexibility index (Phi) is 9.18. The Morgan fingerprint density at radius 3 is 2.58 bits per heavy atom. The maximum atomic E-state index is 12.3. The van der Waals surface area contributed by atoms with Gasteiger partial charge in [0.15, 0.2) is 5.96 Å². The molecule has 1 aliphatic rings. The van der Waals surface area contributed by atoms with Gasteiger partial charge in [0, 0.05) is 38.1 Å². The number of guanidine groups is 1. The first kappa shape index (κ1) is 22.5. The number of carbonyl (C=O) groups excluding carboxylic acids is 1. The van der Waals surface area contributed by atoms with Gasteiger partial charge < -0.3 is 16.0 Å². The van der Waals surface area contributed by atoms with Gasteiger partial charge in [-0.05, 0) is 40.2 Å². The third kappa shape index (κ3) is 9.26. The van der Waals surface area contributed by atoms with Gasteiger partial charge in [0.05, 0.1) is 6.54 Å². The predicted molar refractivity (Wildman–Crippen MR) is 97.1 cm³/mol. The van der Waals surface area contributed by atoms with Crippen LogP contribution in [0.25, 0.3) is 0 Å². The summed E-state index contributed by atoms with van der Waals surface area (Å²) in [7, 11) is 3.06. The van der Waals surface area contributed by atoms with Crippen molar-refractivity contribution in [2.24, 2.45) is 10.9 Å². The zero-order chi connectivity index (χ0) is 19.7. The van der Waals surface area contributed by atoms with E-state index in [0.717, 1.165) is 25.7 Å². The minimum Gasteiger partial charge on any atom is -0.355 e. The maximum Gasteiger partial charge on any atom is 0.401 e. The van der Waals surface area contributed by atoms with Crippen molar-refractivity contribution in [3.8, 4) is 0 Å². The number of nitrogens with one attached hydrogen (secondary N) is 3. The molecule has 152 valence electrons. The van der Waals surface area contributed by atoms with Crippen molar-refractivity contribution >= 4 is 11.9 Å². The number of nitrogens with zero attached hydrogens (tertiary/aromatic N) is 2. The number of likely N-dealkylation sites (N-methyl/N-ethyl adjacent to an activating group) is 1. The monoisotopic (exact) mass is 379 g/mol. The molecule has 1 amide bonds. The number of hydrogen-bond acceptors (Lipinski definition) is 3. The lowest BCUT2D eigenvalue weighted by molar-refractivity contribution is -0.142. The molecule has 2 atom stereocenters. The van der Waals surface area contributed by atoms with E-state index in [1.165, 1.54) is 11.9 Å². The van der Waals surface area contributed by atoms with E-state index in [1.54, 1.807) is 7.05 Å². The number of alkyl halides is 3. The van der Waals surface area contributed by atoms with Crippen LogP contribution in [0.2, 0.25) is 0 Å². The van der Waals surface area contributed by atoms with Gasteiger partial charge in [-0.25, -0.2) is 0 Å². The summed E-state index contributed by atoms with van der Waals surface area (Å²) in [5.41, 5.74) is 0. The fourth-order valence-corrected chi connectivity index (χ4v) is 3.10. The van der Waals surface area contributed by atoms with Crippen LogP contribution in [0, 0.1) is 5.92 Å². The Hall–Kier alpha value is -1.51. The molecule has 0 aromatic carbocycles. The lowest BCUT2D eigenvalue weighted by Gasteiger charge is -2.30. The molecule has 26 heavy (non-hydrogen) atoms. The molecule has 1 saturated carbocycles. The molecule has 0 radical (unpaired) electrons. The van der Waals surface area contributed by atoms with Crippen molar-refractivity contribution in [1.29, 1.82) is 0 Å². The molecule has 0 spiro atoms. The van der Waals surface area contributed by atoms with E-state index in [1.807, 2.05) is 13.8 Å². The minimum absolute atomic E-state index is 0.0142. The highest BCUT2D eigenvalue weighted by molar-refractivity contribution is 5.81. The highest BCUT2D eigenvalue weighted by atomic mass is 19.4. The molecule has 9 heteroatoms.